The predicted octanol–water partition coefficient (Wildman–Crippen LogP) is 5.89. The van der Waals surface area contributed by atoms with Crippen molar-refractivity contribution in [2.45, 2.75) is 64.8 Å². The first kappa shape index (κ1) is 19.3. The Morgan fingerprint density at radius 1 is 0.963 bits per heavy atom. The van der Waals surface area contributed by atoms with E-state index in [1.165, 1.54) is 35.9 Å². The summed E-state index contributed by atoms with van der Waals surface area (Å²) in [4.78, 5) is 16.1. The molecule has 2 heterocycles. The standard InChI is InChI=1S/C24H30N2O/c1-20-18-22-11-6-7-13-24(22)26(20)17-8-4-2-3-5-12-23(27)15-14-21-10-9-16-25-19-21/h6-7,9-11,13,16,18-19H,2-5,8,12,14-15,17H2,1H3. The Morgan fingerprint density at radius 2 is 1.78 bits per heavy atom. The zero-order valence-electron chi connectivity index (χ0n) is 16.4. The summed E-state index contributed by atoms with van der Waals surface area (Å²) in [6.07, 6.45) is 11.6. The van der Waals surface area contributed by atoms with E-state index in [0.29, 0.717) is 12.2 Å². The highest BCUT2D eigenvalue weighted by atomic mass is 16.1. The average molecular weight is 363 g/mol. The topological polar surface area (TPSA) is 34.9 Å². The van der Waals surface area contributed by atoms with Crippen molar-refractivity contribution in [1.29, 1.82) is 0 Å². The van der Waals surface area contributed by atoms with Crippen molar-refractivity contribution in [2.75, 3.05) is 0 Å². The zero-order chi connectivity index (χ0) is 18.9. The average Bonchev–Trinajstić information content (AvgIpc) is 3.01. The number of fused-ring (bicyclic) bond motifs is 1. The SMILES string of the molecule is Cc1cc2ccccc2n1CCCCCCCC(=O)CCc1cccnc1. The van der Waals surface area contributed by atoms with Gasteiger partial charge in [-0.15, -0.1) is 0 Å². The number of hydrogen-bond donors (Lipinski definition) is 0. The van der Waals surface area contributed by atoms with Crippen LogP contribution < -0.4 is 0 Å². The summed E-state index contributed by atoms with van der Waals surface area (Å²) in [6, 6.07) is 14.8. The van der Waals surface area contributed by atoms with Crippen molar-refractivity contribution in [3.05, 3.63) is 66.1 Å². The summed E-state index contributed by atoms with van der Waals surface area (Å²) in [5, 5.41) is 1.33. The fourth-order valence-electron chi connectivity index (χ4n) is 3.72. The fraction of sp³-hybridized carbons (Fsp3) is 0.417. The first-order valence-electron chi connectivity index (χ1n) is 10.2. The zero-order valence-corrected chi connectivity index (χ0v) is 16.4. The van der Waals surface area contributed by atoms with E-state index in [0.717, 1.165) is 37.8 Å². The molecule has 3 aromatic rings. The molecule has 0 atom stereocenters. The van der Waals surface area contributed by atoms with Crippen LogP contribution in [0.15, 0.2) is 54.9 Å². The quantitative estimate of drug-likeness (QED) is 0.399. The molecule has 3 rings (SSSR count). The second-order valence-electron chi connectivity index (χ2n) is 7.41. The summed E-state index contributed by atoms with van der Waals surface area (Å²) in [7, 11) is 0. The number of unbranched alkanes of at least 4 members (excludes halogenated alkanes) is 4. The van der Waals surface area contributed by atoms with Gasteiger partial charge < -0.3 is 4.57 Å². The first-order chi connectivity index (χ1) is 13.2. The molecule has 0 aliphatic rings. The summed E-state index contributed by atoms with van der Waals surface area (Å²) in [5.74, 6) is 0.383. The maximum absolute atomic E-state index is 12.0. The number of aromatic nitrogens is 2. The minimum Gasteiger partial charge on any atom is -0.345 e. The van der Waals surface area contributed by atoms with Crippen LogP contribution in [0, 0.1) is 6.92 Å². The normalized spacial score (nSPS) is 11.1. The van der Waals surface area contributed by atoms with Crippen molar-refractivity contribution >= 4 is 16.7 Å². The molecule has 0 N–H and O–H groups in total. The number of benzene rings is 1. The maximum Gasteiger partial charge on any atom is 0.133 e. The number of hydrogen-bond acceptors (Lipinski definition) is 2. The van der Waals surface area contributed by atoms with Crippen LogP contribution in [0.4, 0.5) is 0 Å². The number of para-hydroxylation sites is 1. The highest BCUT2D eigenvalue weighted by Crippen LogP contribution is 2.20. The van der Waals surface area contributed by atoms with Crippen LogP contribution in [0.2, 0.25) is 0 Å². The van der Waals surface area contributed by atoms with Gasteiger partial charge in [-0.1, -0.05) is 43.5 Å². The highest BCUT2D eigenvalue weighted by molar-refractivity contribution is 5.81. The van der Waals surface area contributed by atoms with Crippen LogP contribution in [0.3, 0.4) is 0 Å². The molecule has 0 radical (unpaired) electrons. The molecule has 0 aliphatic heterocycles. The van der Waals surface area contributed by atoms with Gasteiger partial charge >= 0.3 is 0 Å². The molecule has 1 aromatic carbocycles. The van der Waals surface area contributed by atoms with Crippen molar-refractivity contribution in [2.24, 2.45) is 0 Å². The van der Waals surface area contributed by atoms with Gasteiger partial charge in [0.05, 0.1) is 0 Å². The molecule has 3 heteroatoms. The van der Waals surface area contributed by atoms with E-state index in [2.05, 4.69) is 46.8 Å². The van der Waals surface area contributed by atoms with Gasteiger partial charge in [-0.05, 0) is 55.3 Å². The lowest BCUT2D eigenvalue weighted by Gasteiger charge is -2.08. The molecule has 0 spiro atoms. The number of pyridine rings is 1. The molecule has 0 saturated carbocycles. The van der Waals surface area contributed by atoms with Crippen molar-refractivity contribution in [3.8, 4) is 0 Å². The van der Waals surface area contributed by atoms with Crippen molar-refractivity contribution < 1.29 is 4.79 Å². The Bertz CT molecular complexity index is 851. The Balaban J connectivity index is 1.27. The van der Waals surface area contributed by atoms with Crippen LogP contribution in [0.1, 0.15) is 56.2 Å². The van der Waals surface area contributed by atoms with Crippen LogP contribution in [0.5, 0.6) is 0 Å². The van der Waals surface area contributed by atoms with E-state index >= 15 is 0 Å². The minimum absolute atomic E-state index is 0.383. The second-order valence-corrected chi connectivity index (χ2v) is 7.41. The molecule has 3 nitrogen and oxygen atoms in total. The van der Waals surface area contributed by atoms with Gasteiger partial charge in [-0.3, -0.25) is 9.78 Å². The van der Waals surface area contributed by atoms with Gasteiger partial charge in [0.1, 0.15) is 5.78 Å². The molecule has 0 aliphatic carbocycles. The smallest absolute Gasteiger partial charge is 0.133 e. The molecule has 0 fully saturated rings. The third-order valence-electron chi connectivity index (χ3n) is 5.27. The third kappa shape index (κ3) is 5.78. The van der Waals surface area contributed by atoms with Crippen LogP contribution >= 0.6 is 0 Å². The molecular weight excluding hydrogens is 332 g/mol. The van der Waals surface area contributed by atoms with E-state index in [4.69, 9.17) is 0 Å². The maximum atomic E-state index is 12.0. The Labute approximate surface area is 162 Å². The number of aryl methyl sites for hydroxylation is 3. The Hall–Kier alpha value is -2.42. The number of ketones is 1. The summed E-state index contributed by atoms with van der Waals surface area (Å²) < 4.78 is 2.43. The lowest BCUT2D eigenvalue weighted by atomic mass is 10.0. The molecule has 0 saturated heterocycles. The molecule has 0 amide bonds. The summed E-state index contributed by atoms with van der Waals surface area (Å²) >= 11 is 0. The number of rotatable bonds is 11. The van der Waals surface area contributed by atoms with E-state index in [9.17, 15) is 4.79 Å². The van der Waals surface area contributed by atoms with Gasteiger partial charge in [0.2, 0.25) is 0 Å². The number of carbonyl (C=O) groups excluding carboxylic acids is 1. The van der Waals surface area contributed by atoms with Crippen LogP contribution in [-0.4, -0.2) is 15.3 Å². The monoisotopic (exact) mass is 362 g/mol. The van der Waals surface area contributed by atoms with E-state index in [-0.39, 0.29) is 0 Å². The number of carbonyl (C=O) groups is 1. The molecule has 2 aromatic heterocycles. The van der Waals surface area contributed by atoms with E-state index < -0.39 is 0 Å². The first-order valence-corrected chi connectivity index (χ1v) is 10.2. The molecule has 0 bridgehead atoms. The molecule has 0 unspecified atom stereocenters. The largest absolute Gasteiger partial charge is 0.345 e. The van der Waals surface area contributed by atoms with Crippen LogP contribution in [0.25, 0.3) is 10.9 Å². The summed E-state index contributed by atoms with van der Waals surface area (Å²) in [5.41, 5.74) is 3.84. The van der Waals surface area contributed by atoms with Gasteiger partial charge in [0.25, 0.3) is 0 Å². The summed E-state index contributed by atoms with van der Waals surface area (Å²) in [6.45, 7) is 3.28. The van der Waals surface area contributed by atoms with Gasteiger partial charge in [-0.25, -0.2) is 0 Å². The van der Waals surface area contributed by atoms with Gasteiger partial charge in [-0.2, -0.15) is 0 Å². The Morgan fingerprint density at radius 3 is 2.63 bits per heavy atom. The highest BCUT2D eigenvalue weighted by Gasteiger charge is 2.05. The van der Waals surface area contributed by atoms with Crippen molar-refractivity contribution in [1.82, 2.24) is 9.55 Å². The minimum atomic E-state index is 0.383. The molecule has 27 heavy (non-hydrogen) atoms. The van der Waals surface area contributed by atoms with Gasteiger partial charge in [0.15, 0.2) is 0 Å². The third-order valence-corrected chi connectivity index (χ3v) is 5.27. The molecule has 142 valence electrons. The number of nitrogens with zero attached hydrogens (tertiary/aromatic N) is 2. The van der Waals surface area contributed by atoms with E-state index in [1.54, 1.807) is 6.20 Å². The Kier molecular flexibility index (Phi) is 7.20. The second kappa shape index (κ2) is 10.1. The van der Waals surface area contributed by atoms with E-state index in [1.807, 2.05) is 18.3 Å². The van der Waals surface area contributed by atoms with Gasteiger partial charge in [0, 0.05) is 43.0 Å². The fourth-order valence-corrected chi connectivity index (χ4v) is 3.72. The number of Topliss-reactive ketones (excluding diaryl/α,β-unsaturated/α-hetero) is 1. The molecular formula is C24H30N2O. The lowest BCUT2D eigenvalue weighted by molar-refractivity contribution is -0.119. The lowest BCUT2D eigenvalue weighted by Crippen LogP contribution is -2.01. The van der Waals surface area contributed by atoms with Crippen LogP contribution in [-0.2, 0) is 17.8 Å². The predicted molar refractivity (Wildman–Crippen MR) is 112 cm³/mol. The van der Waals surface area contributed by atoms with Crippen molar-refractivity contribution in [3.63, 3.8) is 0 Å².